The van der Waals surface area contributed by atoms with Crippen LogP contribution in [0.15, 0.2) is 18.2 Å². The monoisotopic (exact) mass is 297 g/mol. The summed E-state index contributed by atoms with van der Waals surface area (Å²) in [7, 11) is 0. The predicted octanol–water partition coefficient (Wildman–Crippen LogP) is 4.90. The van der Waals surface area contributed by atoms with Gasteiger partial charge in [0.1, 0.15) is 5.75 Å². The Balaban J connectivity index is 2.63. The lowest BCUT2D eigenvalue weighted by atomic mass is 9.93. The minimum Gasteiger partial charge on any atom is -0.492 e. The molecule has 0 radical (unpaired) electrons. The molecule has 0 fully saturated rings. The maximum absolute atomic E-state index is 6.27. The standard InChI is InChI=1S/C17H28ClNO/c1-13(2)11-19-12-14-7-6-8-15(18)16(14)20-10-9-17(3,4)5/h6-8,13,19H,9-12H2,1-5H3. The van der Waals surface area contributed by atoms with Crippen molar-refractivity contribution in [1.82, 2.24) is 5.32 Å². The second-order valence-corrected chi connectivity index (χ2v) is 7.32. The molecule has 0 amide bonds. The van der Waals surface area contributed by atoms with Crippen molar-refractivity contribution >= 4 is 11.6 Å². The molecule has 0 aliphatic rings. The molecule has 0 atom stereocenters. The summed E-state index contributed by atoms with van der Waals surface area (Å²) in [5, 5.41) is 4.13. The first-order valence-electron chi connectivity index (χ1n) is 7.40. The Labute approximate surface area is 128 Å². The van der Waals surface area contributed by atoms with Crippen molar-refractivity contribution in [3.63, 3.8) is 0 Å². The molecule has 3 heteroatoms. The fourth-order valence-electron chi connectivity index (χ4n) is 1.81. The van der Waals surface area contributed by atoms with Crippen molar-refractivity contribution in [1.29, 1.82) is 0 Å². The van der Waals surface area contributed by atoms with Gasteiger partial charge in [-0.05, 0) is 30.4 Å². The summed E-state index contributed by atoms with van der Waals surface area (Å²) < 4.78 is 5.93. The average Bonchev–Trinajstić information content (AvgIpc) is 2.30. The fraction of sp³-hybridized carbons (Fsp3) is 0.647. The molecule has 0 bridgehead atoms. The van der Waals surface area contributed by atoms with Crippen LogP contribution in [0.5, 0.6) is 5.75 Å². The number of hydrogen-bond donors (Lipinski definition) is 1. The number of rotatable bonds is 7. The highest BCUT2D eigenvalue weighted by atomic mass is 35.5. The summed E-state index contributed by atoms with van der Waals surface area (Å²) >= 11 is 6.27. The van der Waals surface area contributed by atoms with Gasteiger partial charge in [0.15, 0.2) is 0 Å². The Morgan fingerprint density at radius 3 is 2.55 bits per heavy atom. The minimum atomic E-state index is 0.275. The van der Waals surface area contributed by atoms with Gasteiger partial charge in [-0.25, -0.2) is 0 Å². The predicted molar refractivity (Wildman–Crippen MR) is 87.6 cm³/mol. The van der Waals surface area contributed by atoms with E-state index in [4.69, 9.17) is 16.3 Å². The first-order chi connectivity index (χ1) is 9.29. The maximum Gasteiger partial charge on any atom is 0.142 e. The van der Waals surface area contributed by atoms with Crippen LogP contribution in [0, 0.1) is 11.3 Å². The van der Waals surface area contributed by atoms with Crippen molar-refractivity contribution in [3.05, 3.63) is 28.8 Å². The third-order valence-corrected chi connectivity index (χ3v) is 3.31. The number of hydrogen-bond acceptors (Lipinski definition) is 2. The topological polar surface area (TPSA) is 21.3 Å². The number of ether oxygens (including phenoxy) is 1. The van der Waals surface area contributed by atoms with E-state index in [1.165, 1.54) is 0 Å². The van der Waals surface area contributed by atoms with Gasteiger partial charge in [0, 0.05) is 12.1 Å². The van der Waals surface area contributed by atoms with Crippen LogP contribution in [-0.4, -0.2) is 13.2 Å². The van der Waals surface area contributed by atoms with E-state index in [1.54, 1.807) is 0 Å². The molecule has 1 N–H and O–H groups in total. The molecule has 0 saturated carbocycles. The maximum atomic E-state index is 6.27. The SMILES string of the molecule is CC(C)CNCc1cccc(Cl)c1OCCC(C)(C)C. The van der Waals surface area contributed by atoms with E-state index in [2.05, 4.69) is 46.0 Å². The first kappa shape index (κ1) is 17.3. The zero-order valence-corrected chi connectivity index (χ0v) is 14.2. The largest absolute Gasteiger partial charge is 0.492 e. The van der Waals surface area contributed by atoms with Crippen LogP contribution in [0.3, 0.4) is 0 Å². The van der Waals surface area contributed by atoms with Gasteiger partial charge in [-0.15, -0.1) is 0 Å². The average molecular weight is 298 g/mol. The van der Waals surface area contributed by atoms with Crippen molar-refractivity contribution in [2.75, 3.05) is 13.2 Å². The number of para-hydroxylation sites is 1. The normalized spacial score (nSPS) is 11.9. The Bertz CT molecular complexity index is 410. The van der Waals surface area contributed by atoms with Crippen molar-refractivity contribution in [2.45, 2.75) is 47.6 Å². The van der Waals surface area contributed by atoms with Crippen LogP contribution in [0.1, 0.15) is 46.6 Å². The van der Waals surface area contributed by atoms with Gasteiger partial charge in [0.25, 0.3) is 0 Å². The van der Waals surface area contributed by atoms with Gasteiger partial charge in [-0.3, -0.25) is 0 Å². The Morgan fingerprint density at radius 2 is 1.95 bits per heavy atom. The molecule has 1 aromatic rings. The van der Waals surface area contributed by atoms with Gasteiger partial charge in [0.05, 0.1) is 11.6 Å². The zero-order valence-electron chi connectivity index (χ0n) is 13.4. The number of nitrogens with one attached hydrogen (secondary N) is 1. The summed E-state index contributed by atoms with van der Waals surface area (Å²) in [6, 6.07) is 5.94. The molecular weight excluding hydrogens is 270 g/mol. The Hall–Kier alpha value is -0.730. The van der Waals surface area contributed by atoms with Crippen LogP contribution in [-0.2, 0) is 6.54 Å². The molecular formula is C17H28ClNO. The summed E-state index contributed by atoms with van der Waals surface area (Å²) in [6.45, 7) is 13.5. The van der Waals surface area contributed by atoms with Crippen LogP contribution >= 0.6 is 11.6 Å². The fourth-order valence-corrected chi connectivity index (χ4v) is 2.06. The lowest BCUT2D eigenvalue weighted by Gasteiger charge is -2.20. The highest BCUT2D eigenvalue weighted by Gasteiger charge is 2.13. The van der Waals surface area contributed by atoms with Gasteiger partial charge in [-0.2, -0.15) is 0 Å². The first-order valence-corrected chi connectivity index (χ1v) is 7.78. The third kappa shape index (κ3) is 6.62. The van der Waals surface area contributed by atoms with E-state index in [0.29, 0.717) is 17.5 Å². The molecule has 0 unspecified atom stereocenters. The van der Waals surface area contributed by atoms with Crippen molar-refractivity contribution in [2.24, 2.45) is 11.3 Å². The van der Waals surface area contributed by atoms with Gasteiger partial charge in [0.2, 0.25) is 0 Å². The van der Waals surface area contributed by atoms with Gasteiger partial charge in [-0.1, -0.05) is 58.4 Å². The second kappa shape index (κ2) is 7.90. The van der Waals surface area contributed by atoms with Crippen LogP contribution < -0.4 is 10.1 Å². The molecule has 1 aromatic carbocycles. The summed E-state index contributed by atoms with van der Waals surface area (Å²) in [5.74, 6) is 1.47. The molecule has 0 spiro atoms. The molecule has 0 heterocycles. The molecule has 0 aromatic heterocycles. The molecule has 0 saturated heterocycles. The van der Waals surface area contributed by atoms with Crippen molar-refractivity contribution < 1.29 is 4.74 Å². The van der Waals surface area contributed by atoms with Gasteiger partial charge >= 0.3 is 0 Å². The summed E-state index contributed by atoms with van der Waals surface area (Å²) in [6.07, 6.45) is 1.01. The zero-order chi connectivity index (χ0) is 15.2. The highest BCUT2D eigenvalue weighted by Crippen LogP contribution is 2.29. The van der Waals surface area contributed by atoms with E-state index in [-0.39, 0.29) is 5.41 Å². The van der Waals surface area contributed by atoms with Crippen molar-refractivity contribution in [3.8, 4) is 5.75 Å². The van der Waals surface area contributed by atoms with Crippen LogP contribution in [0.4, 0.5) is 0 Å². The second-order valence-electron chi connectivity index (χ2n) is 6.91. The van der Waals surface area contributed by atoms with Crippen LogP contribution in [0.2, 0.25) is 5.02 Å². The Morgan fingerprint density at radius 1 is 1.25 bits per heavy atom. The lowest BCUT2D eigenvalue weighted by Crippen LogP contribution is -2.20. The quantitative estimate of drug-likeness (QED) is 0.773. The minimum absolute atomic E-state index is 0.275. The van der Waals surface area contributed by atoms with E-state index >= 15 is 0 Å². The number of benzene rings is 1. The molecule has 1 rings (SSSR count). The Kier molecular flexibility index (Phi) is 6.84. The highest BCUT2D eigenvalue weighted by molar-refractivity contribution is 6.32. The van der Waals surface area contributed by atoms with E-state index in [0.717, 1.165) is 30.8 Å². The third-order valence-electron chi connectivity index (χ3n) is 3.02. The molecule has 20 heavy (non-hydrogen) atoms. The molecule has 114 valence electrons. The molecule has 0 aliphatic carbocycles. The van der Waals surface area contributed by atoms with E-state index < -0.39 is 0 Å². The number of halogens is 1. The van der Waals surface area contributed by atoms with E-state index in [9.17, 15) is 0 Å². The molecule has 0 aliphatic heterocycles. The molecule has 2 nitrogen and oxygen atoms in total. The lowest BCUT2D eigenvalue weighted by molar-refractivity contribution is 0.241. The summed E-state index contributed by atoms with van der Waals surface area (Å²) in [4.78, 5) is 0. The smallest absolute Gasteiger partial charge is 0.142 e. The van der Waals surface area contributed by atoms with Crippen LogP contribution in [0.25, 0.3) is 0 Å². The van der Waals surface area contributed by atoms with Gasteiger partial charge < -0.3 is 10.1 Å². The van der Waals surface area contributed by atoms with E-state index in [1.807, 2.05) is 12.1 Å². The summed E-state index contributed by atoms with van der Waals surface area (Å²) in [5.41, 5.74) is 1.41.